The number of nitrogens with one attached hydrogen (secondary N) is 3. The second-order valence-corrected chi connectivity index (χ2v) is 8.22. The van der Waals surface area contributed by atoms with Gasteiger partial charge in [0.1, 0.15) is 12.3 Å². The average Bonchev–Trinajstić information content (AvgIpc) is 3.33. The molecule has 156 valence electrons. The number of rotatable bonds is 6. The third-order valence-electron chi connectivity index (χ3n) is 6.33. The van der Waals surface area contributed by atoms with Crippen LogP contribution in [-0.4, -0.2) is 53.5 Å². The van der Waals surface area contributed by atoms with Crippen LogP contribution in [-0.2, 0) is 28.1 Å². The summed E-state index contributed by atoms with van der Waals surface area (Å²) in [4.78, 5) is 38.4. The van der Waals surface area contributed by atoms with Crippen molar-refractivity contribution < 1.29 is 18.9 Å². The zero-order valence-electron chi connectivity index (χ0n) is 16.4. The molecule has 3 aliphatic heterocycles. The van der Waals surface area contributed by atoms with Gasteiger partial charge in [0, 0.05) is 50.8 Å². The largest absolute Gasteiger partial charge is 0.364 e. The molecule has 0 spiro atoms. The third kappa shape index (κ3) is 3.10. The summed E-state index contributed by atoms with van der Waals surface area (Å²) in [6.45, 7) is 3.28. The second-order valence-electron chi connectivity index (χ2n) is 8.22. The van der Waals surface area contributed by atoms with E-state index in [1.54, 1.807) is 11.2 Å². The van der Waals surface area contributed by atoms with Crippen LogP contribution in [0.3, 0.4) is 0 Å². The Morgan fingerprint density at radius 3 is 2.80 bits per heavy atom. The predicted octanol–water partition coefficient (Wildman–Crippen LogP) is 0.0664. The van der Waals surface area contributed by atoms with Crippen molar-refractivity contribution in [3.05, 3.63) is 52.9 Å². The standard InChI is InChI=1S/C21H23N5O4/c27-17-5-4-15(19(28)24-17)26-9-14-3-1-2-13(18(14)20(26)29)8-22-10-21(11-23-12-21)16-6-7-30-25-16/h1-3,6-7,15,22-23H,4-5,8-12H2,(H,24,27,28). The van der Waals surface area contributed by atoms with E-state index in [0.717, 1.165) is 29.9 Å². The van der Waals surface area contributed by atoms with Crippen LogP contribution in [0.15, 0.2) is 35.1 Å². The fourth-order valence-corrected chi connectivity index (χ4v) is 4.58. The quantitative estimate of drug-likeness (QED) is 0.578. The van der Waals surface area contributed by atoms with Gasteiger partial charge >= 0.3 is 0 Å². The lowest BCUT2D eigenvalue weighted by Crippen LogP contribution is -2.61. The van der Waals surface area contributed by atoms with E-state index in [1.165, 1.54) is 0 Å². The van der Waals surface area contributed by atoms with Crippen LogP contribution in [0.2, 0.25) is 0 Å². The van der Waals surface area contributed by atoms with E-state index in [9.17, 15) is 14.4 Å². The molecule has 2 aromatic rings. The molecule has 0 saturated carbocycles. The number of carbonyl (C=O) groups excluding carboxylic acids is 3. The zero-order chi connectivity index (χ0) is 20.7. The van der Waals surface area contributed by atoms with Gasteiger partial charge in [-0.1, -0.05) is 23.4 Å². The normalized spacial score (nSPS) is 22.6. The number of aromatic nitrogens is 1. The number of piperidine rings is 1. The highest BCUT2D eigenvalue weighted by atomic mass is 16.5. The van der Waals surface area contributed by atoms with Crippen molar-refractivity contribution in [3.63, 3.8) is 0 Å². The average molecular weight is 409 g/mol. The Kier molecular flexibility index (Phi) is 4.63. The highest BCUT2D eigenvalue weighted by Gasteiger charge is 2.42. The summed E-state index contributed by atoms with van der Waals surface area (Å²) in [6, 6.07) is 7.11. The van der Waals surface area contributed by atoms with Gasteiger partial charge in [0.2, 0.25) is 11.8 Å². The third-order valence-corrected chi connectivity index (χ3v) is 6.33. The molecular weight excluding hydrogens is 386 g/mol. The van der Waals surface area contributed by atoms with Gasteiger partial charge in [0.25, 0.3) is 5.91 Å². The molecule has 9 heteroatoms. The Labute approximate surface area is 173 Å². The number of hydrogen-bond donors (Lipinski definition) is 3. The highest BCUT2D eigenvalue weighted by molar-refractivity contribution is 6.05. The van der Waals surface area contributed by atoms with E-state index in [-0.39, 0.29) is 29.6 Å². The summed E-state index contributed by atoms with van der Waals surface area (Å²) in [6.07, 6.45) is 2.20. The van der Waals surface area contributed by atoms with Gasteiger partial charge in [0.15, 0.2) is 0 Å². The molecule has 1 aromatic carbocycles. The Balaban J connectivity index is 1.29. The molecule has 3 N–H and O–H groups in total. The van der Waals surface area contributed by atoms with Crippen molar-refractivity contribution in [3.8, 4) is 0 Å². The molecule has 0 aliphatic carbocycles. The van der Waals surface area contributed by atoms with Gasteiger partial charge in [-0.3, -0.25) is 19.7 Å². The predicted molar refractivity (Wildman–Crippen MR) is 105 cm³/mol. The first-order chi connectivity index (χ1) is 14.6. The molecule has 2 saturated heterocycles. The van der Waals surface area contributed by atoms with Crippen LogP contribution >= 0.6 is 0 Å². The van der Waals surface area contributed by atoms with Gasteiger partial charge in [-0.25, -0.2) is 0 Å². The number of benzene rings is 1. The van der Waals surface area contributed by atoms with Crippen LogP contribution in [0, 0.1) is 0 Å². The molecule has 3 aliphatic rings. The maximum absolute atomic E-state index is 13.2. The van der Waals surface area contributed by atoms with Gasteiger partial charge in [-0.15, -0.1) is 0 Å². The van der Waals surface area contributed by atoms with E-state index in [1.807, 2.05) is 24.3 Å². The van der Waals surface area contributed by atoms with E-state index < -0.39 is 6.04 Å². The molecule has 3 amide bonds. The smallest absolute Gasteiger partial charge is 0.255 e. The van der Waals surface area contributed by atoms with Gasteiger partial charge < -0.3 is 20.1 Å². The highest BCUT2D eigenvalue weighted by Crippen LogP contribution is 2.30. The molecule has 9 nitrogen and oxygen atoms in total. The molecular formula is C21H23N5O4. The Hall–Kier alpha value is -3.04. The summed E-state index contributed by atoms with van der Waals surface area (Å²) >= 11 is 0. The van der Waals surface area contributed by atoms with Crippen LogP contribution in [0.25, 0.3) is 0 Å². The molecule has 0 bridgehead atoms. The fourth-order valence-electron chi connectivity index (χ4n) is 4.58. The zero-order valence-corrected chi connectivity index (χ0v) is 16.4. The maximum atomic E-state index is 13.2. The van der Waals surface area contributed by atoms with Crippen molar-refractivity contribution in [2.24, 2.45) is 0 Å². The monoisotopic (exact) mass is 409 g/mol. The first-order valence-corrected chi connectivity index (χ1v) is 10.2. The number of fused-ring (bicyclic) bond motifs is 1. The number of carbonyl (C=O) groups is 3. The van der Waals surface area contributed by atoms with E-state index >= 15 is 0 Å². The van der Waals surface area contributed by atoms with Gasteiger partial charge in [-0.2, -0.15) is 0 Å². The van der Waals surface area contributed by atoms with Gasteiger partial charge in [0.05, 0.1) is 11.1 Å². The van der Waals surface area contributed by atoms with Crippen LogP contribution in [0.1, 0.15) is 40.0 Å². The first-order valence-electron chi connectivity index (χ1n) is 10.2. The molecule has 0 radical (unpaired) electrons. The van der Waals surface area contributed by atoms with E-state index in [4.69, 9.17) is 4.52 Å². The molecule has 1 aromatic heterocycles. The topological polar surface area (TPSA) is 117 Å². The van der Waals surface area contributed by atoms with Gasteiger partial charge in [-0.05, 0) is 17.5 Å². The minimum absolute atomic E-state index is 0.103. The Bertz CT molecular complexity index is 999. The lowest BCUT2D eigenvalue weighted by atomic mass is 9.78. The summed E-state index contributed by atoms with van der Waals surface area (Å²) in [5.74, 6) is -0.815. The minimum atomic E-state index is -0.597. The van der Waals surface area contributed by atoms with E-state index in [2.05, 4.69) is 21.1 Å². The Morgan fingerprint density at radius 2 is 2.10 bits per heavy atom. The number of imide groups is 1. The number of nitrogens with zero attached hydrogens (tertiary/aromatic N) is 2. The lowest BCUT2D eigenvalue weighted by molar-refractivity contribution is -0.136. The van der Waals surface area contributed by atoms with Crippen LogP contribution in [0.4, 0.5) is 0 Å². The maximum Gasteiger partial charge on any atom is 0.255 e. The second kappa shape index (κ2) is 7.33. The molecule has 1 atom stereocenters. The minimum Gasteiger partial charge on any atom is -0.364 e. The van der Waals surface area contributed by atoms with Crippen molar-refractivity contribution in [1.82, 2.24) is 26.0 Å². The molecule has 2 fully saturated rings. The van der Waals surface area contributed by atoms with Crippen LogP contribution < -0.4 is 16.0 Å². The summed E-state index contributed by atoms with van der Waals surface area (Å²) in [5, 5.41) is 13.2. The lowest BCUT2D eigenvalue weighted by Gasteiger charge is -2.41. The molecule has 1 unspecified atom stereocenters. The SMILES string of the molecule is O=C1CCC(N2Cc3cccc(CNCC4(c5ccon5)CNC4)c3C2=O)C(=O)N1. The molecule has 4 heterocycles. The van der Waals surface area contributed by atoms with Crippen molar-refractivity contribution in [2.75, 3.05) is 19.6 Å². The van der Waals surface area contributed by atoms with Crippen LogP contribution in [0.5, 0.6) is 0 Å². The molecule has 5 rings (SSSR count). The number of hydrogen-bond acceptors (Lipinski definition) is 7. The van der Waals surface area contributed by atoms with Crippen molar-refractivity contribution in [1.29, 1.82) is 0 Å². The summed E-state index contributed by atoms with van der Waals surface area (Å²) < 4.78 is 5.01. The van der Waals surface area contributed by atoms with Crippen molar-refractivity contribution in [2.45, 2.75) is 37.4 Å². The summed E-state index contributed by atoms with van der Waals surface area (Å²) in [5.41, 5.74) is 3.31. The van der Waals surface area contributed by atoms with E-state index in [0.29, 0.717) is 31.6 Å². The molecule has 30 heavy (non-hydrogen) atoms. The van der Waals surface area contributed by atoms with Crippen molar-refractivity contribution >= 4 is 17.7 Å². The Morgan fingerprint density at radius 1 is 1.23 bits per heavy atom. The number of amides is 3. The fraction of sp³-hybridized carbons (Fsp3) is 0.429. The first kappa shape index (κ1) is 19.0. The summed E-state index contributed by atoms with van der Waals surface area (Å²) in [7, 11) is 0.